The van der Waals surface area contributed by atoms with Gasteiger partial charge in [0.25, 0.3) is 0 Å². The summed E-state index contributed by atoms with van der Waals surface area (Å²) in [7, 11) is 0. The summed E-state index contributed by atoms with van der Waals surface area (Å²) in [4.78, 5) is 13.6. The summed E-state index contributed by atoms with van der Waals surface area (Å²) in [6, 6.07) is 0.340. The molecule has 0 radical (unpaired) electrons. The van der Waals surface area contributed by atoms with Crippen molar-refractivity contribution in [1.82, 2.24) is 15.5 Å². The molecule has 0 spiro atoms. The highest BCUT2D eigenvalue weighted by atomic mass is 35.5. The number of carbonyl (C=O) groups is 1. The number of piperazine rings is 1. The molecule has 0 aliphatic carbocycles. The Balaban J connectivity index is 2.28. The highest BCUT2D eigenvalue weighted by Gasteiger charge is 2.40. The van der Waals surface area contributed by atoms with Gasteiger partial charge in [0, 0.05) is 13.1 Å². The first-order chi connectivity index (χ1) is 7.93. The average Bonchev–Trinajstić information content (AvgIpc) is 2.71. The lowest BCUT2D eigenvalue weighted by Gasteiger charge is -2.39. The fourth-order valence-corrected chi connectivity index (χ4v) is 1.82. The van der Waals surface area contributed by atoms with Crippen LogP contribution in [0.25, 0.3) is 0 Å². The summed E-state index contributed by atoms with van der Waals surface area (Å²) >= 11 is 5.86. The van der Waals surface area contributed by atoms with E-state index in [1.165, 1.54) is 0 Å². The standard InChI is InChI=1S/C10H15ClN4O2/c1-6(11)7-13-14-9(17-7)15-5-4-12-8(16)10(15,2)3/h6H,4-5H2,1-3H3,(H,12,16). The highest BCUT2D eigenvalue weighted by molar-refractivity contribution is 6.20. The van der Waals surface area contributed by atoms with E-state index in [0.717, 1.165) is 0 Å². The van der Waals surface area contributed by atoms with Gasteiger partial charge in [-0.3, -0.25) is 4.79 Å². The van der Waals surface area contributed by atoms with Gasteiger partial charge in [0.15, 0.2) is 0 Å². The van der Waals surface area contributed by atoms with Gasteiger partial charge in [0.1, 0.15) is 10.9 Å². The van der Waals surface area contributed by atoms with Crippen molar-refractivity contribution in [3.05, 3.63) is 5.89 Å². The largest absolute Gasteiger partial charge is 0.406 e. The number of nitrogens with zero attached hydrogens (tertiary/aromatic N) is 3. The van der Waals surface area contributed by atoms with Crippen molar-refractivity contribution in [3.63, 3.8) is 0 Å². The first kappa shape index (κ1) is 12.2. The molecule has 17 heavy (non-hydrogen) atoms. The molecule has 1 fully saturated rings. The Hall–Kier alpha value is -1.30. The van der Waals surface area contributed by atoms with Crippen LogP contribution in [0.5, 0.6) is 0 Å². The third-order valence-corrected chi connectivity index (χ3v) is 3.04. The van der Waals surface area contributed by atoms with Crippen LogP contribution in [0, 0.1) is 0 Å². The van der Waals surface area contributed by atoms with Crippen molar-refractivity contribution >= 4 is 23.5 Å². The molecule has 1 aromatic rings. The molecule has 0 saturated carbocycles. The van der Waals surface area contributed by atoms with Crippen LogP contribution in [0.15, 0.2) is 4.42 Å². The third kappa shape index (κ3) is 2.09. The summed E-state index contributed by atoms with van der Waals surface area (Å²) in [6.07, 6.45) is 0. The zero-order chi connectivity index (χ0) is 12.6. The molecule has 1 unspecified atom stereocenters. The number of nitrogens with one attached hydrogen (secondary N) is 1. The molecule has 0 aromatic carbocycles. The molecule has 1 atom stereocenters. The number of halogens is 1. The third-order valence-electron chi connectivity index (χ3n) is 2.85. The topological polar surface area (TPSA) is 71.3 Å². The molecule has 1 saturated heterocycles. The molecule has 1 amide bonds. The van der Waals surface area contributed by atoms with Crippen LogP contribution < -0.4 is 10.2 Å². The molecular formula is C10H15ClN4O2. The smallest absolute Gasteiger partial charge is 0.319 e. The zero-order valence-electron chi connectivity index (χ0n) is 10.0. The molecule has 1 aromatic heterocycles. The minimum Gasteiger partial charge on any atom is -0.406 e. The van der Waals surface area contributed by atoms with Crippen LogP contribution in [0.1, 0.15) is 32.0 Å². The van der Waals surface area contributed by atoms with Crippen molar-refractivity contribution in [2.75, 3.05) is 18.0 Å². The second-order valence-corrected chi connectivity index (χ2v) is 5.16. The van der Waals surface area contributed by atoms with Crippen LogP contribution in [-0.2, 0) is 4.79 Å². The predicted octanol–water partition coefficient (Wildman–Crippen LogP) is 1.08. The molecule has 94 valence electrons. The van der Waals surface area contributed by atoms with E-state index in [-0.39, 0.29) is 11.3 Å². The van der Waals surface area contributed by atoms with Crippen LogP contribution in [0.4, 0.5) is 6.01 Å². The number of amides is 1. The van der Waals surface area contributed by atoms with Crippen LogP contribution in [-0.4, -0.2) is 34.7 Å². The second-order valence-electron chi connectivity index (χ2n) is 4.51. The van der Waals surface area contributed by atoms with Gasteiger partial charge in [-0.2, -0.15) is 0 Å². The second kappa shape index (κ2) is 4.18. The Morgan fingerprint density at radius 1 is 1.53 bits per heavy atom. The summed E-state index contributed by atoms with van der Waals surface area (Å²) < 4.78 is 5.46. The molecule has 1 N–H and O–H groups in total. The summed E-state index contributed by atoms with van der Waals surface area (Å²) in [5.41, 5.74) is -0.697. The van der Waals surface area contributed by atoms with Crippen molar-refractivity contribution in [1.29, 1.82) is 0 Å². The van der Waals surface area contributed by atoms with Gasteiger partial charge in [-0.15, -0.1) is 16.7 Å². The van der Waals surface area contributed by atoms with Gasteiger partial charge in [0.05, 0.1) is 0 Å². The zero-order valence-corrected chi connectivity index (χ0v) is 10.8. The molecule has 7 heteroatoms. The van der Waals surface area contributed by atoms with Gasteiger partial charge in [-0.1, -0.05) is 5.10 Å². The van der Waals surface area contributed by atoms with E-state index >= 15 is 0 Å². The lowest BCUT2D eigenvalue weighted by molar-refractivity contribution is -0.126. The number of anilines is 1. The van der Waals surface area contributed by atoms with Crippen molar-refractivity contribution in [2.24, 2.45) is 0 Å². The molecular weight excluding hydrogens is 244 g/mol. The van der Waals surface area contributed by atoms with E-state index in [0.29, 0.717) is 25.0 Å². The molecule has 2 heterocycles. The number of carbonyl (C=O) groups excluding carboxylic acids is 1. The number of alkyl halides is 1. The van der Waals surface area contributed by atoms with E-state index in [1.807, 2.05) is 13.8 Å². The maximum Gasteiger partial charge on any atom is 0.319 e. The average molecular weight is 259 g/mol. The summed E-state index contributed by atoms with van der Waals surface area (Å²) in [5.74, 6) is 0.311. The van der Waals surface area contributed by atoms with Gasteiger partial charge in [0.2, 0.25) is 11.8 Å². The van der Waals surface area contributed by atoms with Crippen LogP contribution >= 0.6 is 11.6 Å². The molecule has 1 aliphatic heterocycles. The van der Waals surface area contributed by atoms with E-state index in [2.05, 4.69) is 15.5 Å². The Morgan fingerprint density at radius 3 is 2.82 bits per heavy atom. The predicted molar refractivity (Wildman–Crippen MR) is 63.0 cm³/mol. The Kier molecular flexibility index (Phi) is 2.99. The number of aromatic nitrogens is 2. The van der Waals surface area contributed by atoms with Crippen molar-refractivity contribution in [3.8, 4) is 0 Å². The SMILES string of the molecule is CC(Cl)c1nnc(N2CCNC(=O)C2(C)C)o1. The number of rotatable bonds is 2. The van der Waals surface area contributed by atoms with Gasteiger partial charge in [-0.05, 0) is 20.8 Å². The molecule has 2 rings (SSSR count). The number of hydrogen-bond donors (Lipinski definition) is 1. The first-order valence-corrected chi connectivity index (χ1v) is 5.90. The van der Waals surface area contributed by atoms with E-state index < -0.39 is 5.54 Å². The molecule has 0 bridgehead atoms. The summed E-state index contributed by atoms with van der Waals surface area (Å²) in [6.45, 7) is 6.59. The fourth-order valence-electron chi connectivity index (χ4n) is 1.73. The molecule has 1 aliphatic rings. The lowest BCUT2D eigenvalue weighted by atomic mass is 10.00. The number of hydrogen-bond acceptors (Lipinski definition) is 5. The van der Waals surface area contributed by atoms with Gasteiger partial charge in [-0.25, -0.2) is 0 Å². The monoisotopic (exact) mass is 258 g/mol. The lowest BCUT2D eigenvalue weighted by Crippen LogP contribution is -2.62. The van der Waals surface area contributed by atoms with Crippen LogP contribution in [0.3, 0.4) is 0 Å². The maximum atomic E-state index is 11.8. The quantitative estimate of drug-likeness (QED) is 0.804. The fraction of sp³-hybridized carbons (Fsp3) is 0.700. The normalized spacial score (nSPS) is 21.2. The van der Waals surface area contributed by atoms with Gasteiger partial charge >= 0.3 is 6.01 Å². The maximum absolute atomic E-state index is 11.8. The van der Waals surface area contributed by atoms with Gasteiger partial charge < -0.3 is 14.6 Å². The minimum absolute atomic E-state index is 0.0533. The minimum atomic E-state index is -0.697. The molecule has 6 nitrogen and oxygen atoms in total. The Bertz CT molecular complexity index is 430. The van der Waals surface area contributed by atoms with Crippen LogP contribution in [0.2, 0.25) is 0 Å². The van der Waals surface area contributed by atoms with Crippen molar-refractivity contribution < 1.29 is 9.21 Å². The Morgan fingerprint density at radius 2 is 2.24 bits per heavy atom. The van der Waals surface area contributed by atoms with Crippen molar-refractivity contribution in [2.45, 2.75) is 31.7 Å². The van der Waals surface area contributed by atoms with E-state index in [9.17, 15) is 4.79 Å². The Labute approximate surface area is 104 Å². The van der Waals surface area contributed by atoms with E-state index in [4.69, 9.17) is 16.0 Å². The first-order valence-electron chi connectivity index (χ1n) is 5.46. The summed E-state index contributed by atoms with van der Waals surface area (Å²) in [5, 5.41) is 10.3. The highest BCUT2D eigenvalue weighted by Crippen LogP contribution is 2.27. The van der Waals surface area contributed by atoms with E-state index in [1.54, 1.807) is 11.8 Å².